The maximum absolute atomic E-state index is 5.84. The summed E-state index contributed by atoms with van der Waals surface area (Å²) < 4.78 is 6.94. The zero-order valence-corrected chi connectivity index (χ0v) is 8.66. The van der Waals surface area contributed by atoms with Crippen molar-refractivity contribution in [3.63, 3.8) is 0 Å². The van der Waals surface area contributed by atoms with E-state index in [0.29, 0.717) is 11.9 Å². The van der Waals surface area contributed by atoms with Gasteiger partial charge in [-0.3, -0.25) is 4.57 Å². The average Bonchev–Trinajstić information content (AvgIpc) is 2.51. The predicted octanol–water partition coefficient (Wildman–Crippen LogP) is 1.92. The highest BCUT2D eigenvalue weighted by Crippen LogP contribution is 2.17. The van der Waals surface area contributed by atoms with Crippen molar-refractivity contribution in [2.24, 2.45) is 0 Å². The van der Waals surface area contributed by atoms with Crippen LogP contribution in [0.5, 0.6) is 0 Å². The van der Waals surface area contributed by atoms with Crippen LogP contribution in [0.3, 0.4) is 0 Å². The van der Waals surface area contributed by atoms with Gasteiger partial charge < -0.3 is 4.74 Å². The second-order valence-electron chi connectivity index (χ2n) is 2.91. The zero-order valence-electron chi connectivity index (χ0n) is 7.90. The summed E-state index contributed by atoms with van der Waals surface area (Å²) in [6, 6.07) is 0.248. The number of ether oxygens (including phenoxy) is 1. The molecule has 0 bridgehead atoms. The van der Waals surface area contributed by atoms with E-state index in [1.807, 2.05) is 4.57 Å². The SMILES string of the molecule is CCCC(COC)n1cnnc1Cl. The molecule has 13 heavy (non-hydrogen) atoms. The van der Waals surface area contributed by atoms with E-state index in [2.05, 4.69) is 17.1 Å². The molecule has 1 aromatic heterocycles. The number of methoxy groups -OCH3 is 1. The lowest BCUT2D eigenvalue weighted by atomic mass is 10.2. The zero-order chi connectivity index (χ0) is 9.68. The average molecular weight is 204 g/mol. The summed E-state index contributed by atoms with van der Waals surface area (Å²) in [5.41, 5.74) is 0. The van der Waals surface area contributed by atoms with E-state index in [4.69, 9.17) is 16.3 Å². The maximum atomic E-state index is 5.84. The Morgan fingerprint density at radius 1 is 1.69 bits per heavy atom. The van der Waals surface area contributed by atoms with E-state index in [9.17, 15) is 0 Å². The Labute approximate surface area is 82.9 Å². The molecule has 0 N–H and O–H groups in total. The lowest BCUT2D eigenvalue weighted by molar-refractivity contribution is 0.150. The third-order valence-electron chi connectivity index (χ3n) is 1.90. The Balaban J connectivity index is 2.69. The van der Waals surface area contributed by atoms with Gasteiger partial charge in [-0.15, -0.1) is 10.2 Å². The highest BCUT2D eigenvalue weighted by molar-refractivity contribution is 6.28. The fourth-order valence-electron chi connectivity index (χ4n) is 1.30. The highest BCUT2D eigenvalue weighted by Gasteiger charge is 2.12. The summed E-state index contributed by atoms with van der Waals surface area (Å²) in [6.45, 7) is 2.77. The Morgan fingerprint density at radius 2 is 2.46 bits per heavy atom. The van der Waals surface area contributed by atoms with Gasteiger partial charge in [0.15, 0.2) is 0 Å². The van der Waals surface area contributed by atoms with Crippen LogP contribution in [0.1, 0.15) is 25.8 Å². The molecule has 0 aliphatic rings. The fraction of sp³-hybridized carbons (Fsp3) is 0.750. The number of hydrogen-bond acceptors (Lipinski definition) is 3. The molecule has 0 saturated heterocycles. The second kappa shape index (κ2) is 5.19. The van der Waals surface area contributed by atoms with Crippen LogP contribution in [0.4, 0.5) is 0 Å². The van der Waals surface area contributed by atoms with Crippen LogP contribution in [0, 0.1) is 0 Å². The summed E-state index contributed by atoms with van der Waals surface area (Å²) in [4.78, 5) is 0. The summed E-state index contributed by atoms with van der Waals surface area (Å²) in [5.74, 6) is 0. The van der Waals surface area contributed by atoms with Crippen LogP contribution < -0.4 is 0 Å². The molecule has 1 aromatic rings. The fourth-order valence-corrected chi connectivity index (χ4v) is 1.53. The van der Waals surface area contributed by atoms with Crippen molar-refractivity contribution in [3.05, 3.63) is 11.6 Å². The van der Waals surface area contributed by atoms with Crippen molar-refractivity contribution in [2.45, 2.75) is 25.8 Å². The summed E-state index contributed by atoms with van der Waals surface area (Å²) in [7, 11) is 1.68. The Morgan fingerprint density at radius 3 is 2.92 bits per heavy atom. The van der Waals surface area contributed by atoms with E-state index in [1.165, 1.54) is 0 Å². The number of nitrogens with zero attached hydrogens (tertiary/aromatic N) is 3. The van der Waals surface area contributed by atoms with E-state index in [0.717, 1.165) is 12.8 Å². The smallest absolute Gasteiger partial charge is 0.225 e. The van der Waals surface area contributed by atoms with E-state index < -0.39 is 0 Å². The van der Waals surface area contributed by atoms with Gasteiger partial charge in [0.25, 0.3) is 0 Å². The third kappa shape index (κ3) is 2.67. The minimum absolute atomic E-state index is 0.248. The van der Waals surface area contributed by atoms with E-state index in [1.54, 1.807) is 13.4 Å². The first-order valence-corrected chi connectivity index (χ1v) is 4.71. The predicted molar refractivity (Wildman–Crippen MR) is 50.9 cm³/mol. The van der Waals surface area contributed by atoms with Crippen LogP contribution in [0.25, 0.3) is 0 Å². The molecule has 4 nitrogen and oxygen atoms in total. The first kappa shape index (κ1) is 10.5. The van der Waals surface area contributed by atoms with Gasteiger partial charge in [-0.05, 0) is 18.0 Å². The molecule has 1 atom stereocenters. The van der Waals surface area contributed by atoms with Gasteiger partial charge >= 0.3 is 0 Å². The molecule has 1 unspecified atom stereocenters. The quantitative estimate of drug-likeness (QED) is 0.734. The van der Waals surface area contributed by atoms with E-state index in [-0.39, 0.29) is 6.04 Å². The molecule has 1 heterocycles. The van der Waals surface area contributed by atoms with Crippen molar-refractivity contribution < 1.29 is 4.74 Å². The summed E-state index contributed by atoms with van der Waals surface area (Å²) >= 11 is 5.84. The van der Waals surface area contributed by atoms with Crippen molar-refractivity contribution in [1.29, 1.82) is 0 Å². The van der Waals surface area contributed by atoms with Gasteiger partial charge in [-0.25, -0.2) is 0 Å². The van der Waals surface area contributed by atoms with Gasteiger partial charge in [0, 0.05) is 7.11 Å². The number of halogens is 1. The maximum Gasteiger partial charge on any atom is 0.225 e. The third-order valence-corrected chi connectivity index (χ3v) is 2.17. The van der Waals surface area contributed by atoms with Crippen LogP contribution >= 0.6 is 11.6 Å². The molecule has 0 saturated carbocycles. The van der Waals surface area contributed by atoms with Gasteiger partial charge in [0.2, 0.25) is 5.28 Å². The molecule has 1 rings (SSSR count). The lowest BCUT2D eigenvalue weighted by Gasteiger charge is -2.16. The highest BCUT2D eigenvalue weighted by atomic mass is 35.5. The minimum atomic E-state index is 0.248. The molecule has 0 aliphatic heterocycles. The molecule has 74 valence electrons. The first-order valence-electron chi connectivity index (χ1n) is 4.33. The molecule has 0 aliphatic carbocycles. The number of rotatable bonds is 5. The van der Waals surface area contributed by atoms with Crippen LogP contribution in [0.2, 0.25) is 5.28 Å². The van der Waals surface area contributed by atoms with Crippen LogP contribution in [-0.2, 0) is 4.74 Å². The van der Waals surface area contributed by atoms with Crippen molar-refractivity contribution in [2.75, 3.05) is 13.7 Å². The Kier molecular flexibility index (Phi) is 4.18. The molecule has 0 amide bonds. The van der Waals surface area contributed by atoms with Gasteiger partial charge in [0.1, 0.15) is 6.33 Å². The standard InChI is InChI=1S/C8H14ClN3O/c1-3-4-7(5-13-2)12-6-10-11-8(12)9/h6-7H,3-5H2,1-2H3. The van der Waals surface area contributed by atoms with Gasteiger partial charge in [0.05, 0.1) is 12.6 Å². The summed E-state index contributed by atoms with van der Waals surface area (Å²) in [6.07, 6.45) is 3.75. The Bertz CT molecular complexity index is 245. The van der Waals surface area contributed by atoms with Crippen molar-refractivity contribution in [3.8, 4) is 0 Å². The normalized spacial score (nSPS) is 13.2. The van der Waals surface area contributed by atoms with Gasteiger partial charge in [-0.2, -0.15) is 0 Å². The number of aromatic nitrogens is 3. The largest absolute Gasteiger partial charge is 0.383 e. The Hall–Kier alpha value is -0.610. The molecule has 5 heteroatoms. The minimum Gasteiger partial charge on any atom is -0.383 e. The van der Waals surface area contributed by atoms with Crippen molar-refractivity contribution >= 4 is 11.6 Å². The molecule has 0 aromatic carbocycles. The molecule has 0 radical (unpaired) electrons. The molecule has 0 fully saturated rings. The molecular weight excluding hydrogens is 190 g/mol. The molecule has 0 spiro atoms. The first-order chi connectivity index (χ1) is 6.29. The van der Waals surface area contributed by atoms with Crippen LogP contribution in [-0.4, -0.2) is 28.5 Å². The van der Waals surface area contributed by atoms with Gasteiger partial charge in [-0.1, -0.05) is 13.3 Å². The lowest BCUT2D eigenvalue weighted by Crippen LogP contribution is -2.13. The second-order valence-corrected chi connectivity index (χ2v) is 3.24. The summed E-state index contributed by atoms with van der Waals surface area (Å²) in [5, 5.41) is 7.88. The molecular formula is C8H14ClN3O. The monoisotopic (exact) mass is 203 g/mol. The number of hydrogen-bond donors (Lipinski definition) is 0. The van der Waals surface area contributed by atoms with Crippen molar-refractivity contribution in [1.82, 2.24) is 14.8 Å². The van der Waals surface area contributed by atoms with E-state index >= 15 is 0 Å². The topological polar surface area (TPSA) is 39.9 Å². The van der Waals surface area contributed by atoms with Crippen LogP contribution in [0.15, 0.2) is 6.33 Å².